The first kappa shape index (κ1) is 20.0. The molecule has 0 saturated carbocycles. The highest BCUT2D eigenvalue weighted by molar-refractivity contribution is 5.86. The number of aromatic amines is 1. The maximum Gasteiger partial charge on any atom is 0.191 e. The number of hydrogen-bond donors (Lipinski definition) is 3. The Hall–Kier alpha value is -2.76. The van der Waals surface area contributed by atoms with Crippen LogP contribution in [-0.4, -0.2) is 40.4 Å². The highest BCUT2D eigenvalue weighted by atomic mass is 15.3. The molecule has 6 nitrogen and oxygen atoms in total. The monoisotopic (exact) mass is 380 g/mol. The number of nitrogens with zero attached hydrogens (tertiary/aromatic N) is 3. The van der Waals surface area contributed by atoms with Gasteiger partial charge in [-0.05, 0) is 57.7 Å². The third-order valence-corrected chi connectivity index (χ3v) is 4.94. The maximum atomic E-state index is 4.71. The highest BCUT2D eigenvalue weighted by Crippen LogP contribution is 2.21. The van der Waals surface area contributed by atoms with E-state index in [2.05, 4.69) is 76.6 Å². The van der Waals surface area contributed by atoms with Crippen LogP contribution < -0.4 is 10.6 Å². The number of aliphatic imine (C=N–C) groups is 1. The fourth-order valence-corrected chi connectivity index (χ4v) is 3.54. The molecule has 3 N–H and O–H groups in total. The van der Waals surface area contributed by atoms with Crippen molar-refractivity contribution in [1.29, 1.82) is 0 Å². The first-order valence-electron chi connectivity index (χ1n) is 10.2. The molecule has 0 bridgehead atoms. The molecule has 0 spiro atoms. The van der Waals surface area contributed by atoms with Crippen molar-refractivity contribution in [1.82, 2.24) is 25.4 Å². The van der Waals surface area contributed by atoms with Gasteiger partial charge >= 0.3 is 0 Å². The van der Waals surface area contributed by atoms with E-state index >= 15 is 0 Å². The predicted molar refractivity (Wildman–Crippen MR) is 117 cm³/mol. The van der Waals surface area contributed by atoms with Gasteiger partial charge in [0, 0.05) is 49.0 Å². The van der Waals surface area contributed by atoms with Crippen molar-refractivity contribution in [3.63, 3.8) is 0 Å². The summed E-state index contributed by atoms with van der Waals surface area (Å²) in [6.07, 6.45) is 4.05. The Morgan fingerprint density at radius 2 is 2.07 bits per heavy atom. The number of aryl methyl sites for hydroxylation is 4. The van der Waals surface area contributed by atoms with Crippen molar-refractivity contribution in [2.45, 2.75) is 47.1 Å². The number of guanidine groups is 1. The van der Waals surface area contributed by atoms with Gasteiger partial charge in [-0.15, -0.1) is 0 Å². The zero-order valence-corrected chi connectivity index (χ0v) is 17.5. The van der Waals surface area contributed by atoms with E-state index in [9.17, 15) is 0 Å². The largest absolute Gasteiger partial charge is 0.361 e. The van der Waals surface area contributed by atoms with Gasteiger partial charge in [0.05, 0.1) is 5.69 Å². The van der Waals surface area contributed by atoms with Gasteiger partial charge in [0.2, 0.25) is 0 Å². The molecule has 1 aromatic carbocycles. The van der Waals surface area contributed by atoms with E-state index in [4.69, 9.17) is 4.99 Å². The average molecular weight is 381 g/mol. The van der Waals surface area contributed by atoms with Crippen LogP contribution in [0.3, 0.4) is 0 Å². The van der Waals surface area contributed by atoms with Crippen LogP contribution in [0.2, 0.25) is 0 Å². The summed E-state index contributed by atoms with van der Waals surface area (Å²) in [5.74, 6) is 0.881. The molecule has 0 aliphatic carbocycles. The second-order valence-electron chi connectivity index (χ2n) is 7.25. The first-order chi connectivity index (χ1) is 13.6. The van der Waals surface area contributed by atoms with Gasteiger partial charge in [-0.25, -0.2) is 0 Å². The molecule has 0 unspecified atom stereocenters. The first-order valence-corrected chi connectivity index (χ1v) is 10.2. The Morgan fingerprint density at radius 1 is 1.21 bits per heavy atom. The lowest BCUT2D eigenvalue weighted by atomic mass is 10.1. The van der Waals surface area contributed by atoms with Crippen LogP contribution in [0.15, 0.2) is 35.5 Å². The molecule has 28 heavy (non-hydrogen) atoms. The molecule has 2 heterocycles. The molecule has 0 aliphatic rings. The Balaban J connectivity index is 1.50. The van der Waals surface area contributed by atoms with E-state index < -0.39 is 0 Å². The fraction of sp³-hybridized carbons (Fsp3) is 0.455. The molecule has 0 saturated heterocycles. The summed E-state index contributed by atoms with van der Waals surface area (Å²) in [5, 5.41) is 12.6. The van der Waals surface area contributed by atoms with Gasteiger partial charge in [-0.3, -0.25) is 9.67 Å². The molecule has 0 amide bonds. The van der Waals surface area contributed by atoms with Gasteiger partial charge in [0.1, 0.15) is 0 Å². The molecule has 0 fully saturated rings. The summed E-state index contributed by atoms with van der Waals surface area (Å²) in [5.41, 5.74) is 6.15. The third kappa shape index (κ3) is 4.94. The van der Waals surface area contributed by atoms with Crippen LogP contribution in [0.25, 0.3) is 10.9 Å². The Labute approximate surface area is 167 Å². The lowest BCUT2D eigenvalue weighted by Crippen LogP contribution is -2.38. The van der Waals surface area contributed by atoms with Gasteiger partial charge in [0.25, 0.3) is 0 Å². The fourth-order valence-electron chi connectivity index (χ4n) is 3.54. The van der Waals surface area contributed by atoms with E-state index in [-0.39, 0.29) is 0 Å². The quantitative estimate of drug-likeness (QED) is 0.318. The number of nitrogens with one attached hydrogen (secondary N) is 3. The standard InChI is InChI=1S/C22H32N6/c1-5-23-22(24-11-7-13-28-18(4)14-17(3)27-28)25-12-10-19-15-26-21-16(2)8-6-9-20(19)21/h6,8-9,14-15,26H,5,7,10-13H2,1-4H3,(H2,23,24,25). The smallest absolute Gasteiger partial charge is 0.191 e. The van der Waals surface area contributed by atoms with Crippen molar-refractivity contribution >= 4 is 16.9 Å². The van der Waals surface area contributed by atoms with Crippen LogP contribution in [0, 0.1) is 20.8 Å². The van der Waals surface area contributed by atoms with E-state index in [0.717, 1.165) is 50.7 Å². The van der Waals surface area contributed by atoms with Crippen LogP contribution in [0.5, 0.6) is 0 Å². The lowest BCUT2D eigenvalue weighted by molar-refractivity contribution is 0.567. The van der Waals surface area contributed by atoms with Gasteiger partial charge in [-0.2, -0.15) is 5.10 Å². The molecular formula is C22H32N6. The van der Waals surface area contributed by atoms with Crippen molar-refractivity contribution in [2.75, 3.05) is 19.6 Å². The summed E-state index contributed by atoms with van der Waals surface area (Å²) in [4.78, 5) is 8.11. The number of rotatable bonds is 8. The van der Waals surface area contributed by atoms with Gasteiger partial charge in [0.15, 0.2) is 5.96 Å². The molecule has 150 valence electrons. The number of hydrogen-bond acceptors (Lipinski definition) is 2. The molecule has 3 rings (SSSR count). The molecular weight excluding hydrogens is 348 g/mol. The molecule has 0 atom stereocenters. The molecule has 0 aliphatic heterocycles. The molecule has 3 aromatic rings. The summed E-state index contributed by atoms with van der Waals surface area (Å²) in [6.45, 7) is 11.8. The van der Waals surface area contributed by atoms with Crippen LogP contribution >= 0.6 is 0 Å². The van der Waals surface area contributed by atoms with Gasteiger partial charge < -0.3 is 15.6 Å². The van der Waals surface area contributed by atoms with Crippen molar-refractivity contribution in [2.24, 2.45) is 4.99 Å². The van der Waals surface area contributed by atoms with Crippen molar-refractivity contribution in [3.8, 4) is 0 Å². The maximum absolute atomic E-state index is 4.71. The molecule has 2 aromatic heterocycles. The van der Waals surface area contributed by atoms with Crippen LogP contribution in [0.1, 0.15) is 35.9 Å². The Morgan fingerprint density at radius 3 is 2.82 bits per heavy atom. The van der Waals surface area contributed by atoms with Crippen molar-refractivity contribution in [3.05, 3.63) is 53.0 Å². The Kier molecular flexibility index (Phi) is 6.74. The summed E-state index contributed by atoms with van der Waals surface area (Å²) < 4.78 is 2.06. The third-order valence-electron chi connectivity index (χ3n) is 4.94. The SMILES string of the molecule is CCNC(=NCCCn1nc(C)cc1C)NCCc1c[nH]c2c(C)cccc12. The second kappa shape index (κ2) is 9.44. The topological polar surface area (TPSA) is 70.0 Å². The zero-order valence-electron chi connectivity index (χ0n) is 17.5. The predicted octanol–water partition coefficient (Wildman–Crippen LogP) is 3.48. The van der Waals surface area contributed by atoms with Gasteiger partial charge in [-0.1, -0.05) is 18.2 Å². The highest BCUT2D eigenvalue weighted by Gasteiger charge is 2.06. The van der Waals surface area contributed by atoms with E-state index in [1.807, 2.05) is 6.92 Å². The number of benzene rings is 1. The number of H-pyrrole nitrogens is 1. The Bertz CT molecular complexity index is 934. The minimum atomic E-state index is 0.778. The van der Waals surface area contributed by atoms with E-state index in [1.165, 1.54) is 27.7 Å². The summed E-state index contributed by atoms with van der Waals surface area (Å²) in [7, 11) is 0. The van der Waals surface area contributed by atoms with Crippen molar-refractivity contribution < 1.29 is 0 Å². The van der Waals surface area contributed by atoms with E-state index in [1.54, 1.807) is 0 Å². The number of para-hydroxylation sites is 1. The number of aromatic nitrogens is 3. The zero-order chi connectivity index (χ0) is 19.9. The molecule has 0 radical (unpaired) electrons. The average Bonchev–Trinajstić information content (AvgIpc) is 3.22. The minimum Gasteiger partial charge on any atom is -0.361 e. The summed E-state index contributed by atoms with van der Waals surface area (Å²) >= 11 is 0. The van der Waals surface area contributed by atoms with Crippen LogP contribution in [0.4, 0.5) is 0 Å². The van der Waals surface area contributed by atoms with E-state index in [0.29, 0.717) is 0 Å². The minimum absolute atomic E-state index is 0.778. The second-order valence-corrected chi connectivity index (χ2v) is 7.25. The lowest BCUT2D eigenvalue weighted by Gasteiger charge is -2.11. The summed E-state index contributed by atoms with van der Waals surface area (Å²) in [6, 6.07) is 8.56. The molecule has 6 heteroatoms. The van der Waals surface area contributed by atoms with Crippen LogP contribution in [-0.2, 0) is 13.0 Å². The number of fused-ring (bicyclic) bond motifs is 1. The normalized spacial score (nSPS) is 11.9.